The van der Waals surface area contributed by atoms with Gasteiger partial charge in [0.05, 0.1) is 27.7 Å². The fourth-order valence-electron chi connectivity index (χ4n) is 6.75. The number of ether oxygens (including phenoxy) is 2. The van der Waals surface area contributed by atoms with Crippen LogP contribution in [0.2, 0.25) is 0 Å². The molecule has 0 rings (SSSR count). The lowest BCUT2D eigenvalue weighted by Gasteiger charge is -2.24. The number of likely N-dealkylation sites (N-methyl/N-ethyl adjacent to an activating group) is 1. The molecule has 388 valence electrons. The fraction of sp³-hybridized carbons (Fsp3) is 0.655. The van der Waals surface area contributed by atoms with Crippen molar-refractivity contribution in [1.82, 2.24) is 0 Å². The molecule has 68 heavy (non-hydrogen) atoms. The molecule has 0 aromatic heterocycles. The Bertz CT molecular complexity index is 1520. The highest BCUT2D eigenvalue weighted by atomic mass is 31.2. The topological polar surface area (TPSA) is 108 Å². The predicted octanol–water partition coefficient (Wildman–Crippen LogP) is 16.2. The van der Waals surface area contributed by atoms with Crippen molar-refractivity contribution in [2.75, 3.05) is 47.5 Å². The Kier molecular flexibility index (Phi) is 46.3. The van der Waals surface area contributed by atoms with Crippen molar-refractivity contribution in [1.29, 1.82) is 0 Å². The lowest BCUT2D eigenvalue weighted by molar-refractivity contribution is -0.870. The van der Waals surface area contributed by atoms with E-state index >= 15 is 0 Å². The van der Waals surface area contributed by atoms with Crippen LogP contribution in [-0.2, 0) is 32.7 Å². The number of rotatable bonds is 47. The number of hydrogen-bond donors (Lipinski definition) is 1. The molecule has 0 fully saturated rings. The molecule has 0 bridgehead atoms. The van der Waals surface area contributed by atoms with Gasteiger partial charge in [-0.3, -0.25) is 18.6 Å². The number of unbranched alkanes of at least 4 members (excludes halogenated alkanes) is 15. The van der Waals surface area contributed by atoms with E-state index in [0.717, 1.165) is 77.0 Å². The SMILES string of the molecule is CC/C=C\C/C=C\C/C=C\C/C=C\C/C=C\CCCC(=O)OC(COC(=O)CCCCCCCCCCCCCCCC/C=C\C/C=C\C/C=C\C/C=C\CC)COP(=O)(O)OCC[N+](C)(C)C. The number of phosphoric ester groups is 1. The Balaban J connectivity index is 4.24. The number of carbonyl (C=O) groups is 2. The van der Waals surface area contributed by atoms with Gasteiger partial charge in [0.1, 0.15) is 19.8 Å². The van der Waals surface area contributed by atoms with Crippen molar-refractivity contribution in [2.24, 2.45) is 0 Å². The predicted molar refractivity (Wildman–Crippen MR) is 288 cm³/mol. The van der Waals surface area contributed by atoms with Crippen LogP contribution in [0.25, 0.3) is 0 Å². The summed E-state index contributed by atoms with van der Waals surface area (Å²) in [5, 5.41) is 0. The molecule has 0 heterocycles. The number of phosphoric acid groups is 1. The van der Waals surface area contributed by atoms with Crippen LogP contribution in [0.4, 0.5) is 0 Å². The van der Waals surface area contributed by atoms with E-state index in [1.54, 1.807) is 0 Å². The first-order chi connectivity index (χ1) is 33.0. The lowest BCUT2D eigenvalue weighted by Crippen LogP contribution is -2.37. The molecule has 1 N–H and O–H groups in total. The summed E-state index contributed by atoms with van der Waals surface area (Å²) in [4.78, 5) is 35.6. The Hall–Kier alpha value is -3.33. The van der Waals surface area contributed by atoms with Crippen LogP contribution in [-0.4, -0.2) is 74.9 Å². The van der Waals surface area contributed by atoms with E-state index in [9.17, 15) is 19.0 Å². The minimum atomic E-state index is -4.40. The Morgan fingerprint density at radius 1 is 0.456 bits per heavy atom. The maximum atomic E-state index is 12.7. The van der Waals surface area contributed by atoms with Crippen LogP contribution < -0.4 is 0 Å². The molecule has 0 aliphatic heterocycles. The van der Waals surface area contributed by atoms with E-state index in [0.29, 0.717) is 23.9 Å². The van der Waals surface area contributed by atoms with Crippen LogP contribution in [0, 0.1) is 0 Å². The Labute approximate surface area is 416 Å². The first-order valence-corrected chi connectivity index (χ1v) is 28.1. The third-order valence-corrected chi connectivity index (χ3v) is 11.8. The molecule has 0 aliphatic carbocycles. The normalized spacial score (nSPS) is 14.3. The molecule has 0 radical (unpaired) electrons. The summed E-state index contributed by atoms with van der Waals surface area (Å²) in [5.74, 6) is -0.873. The van der Waals surface area contributed by atoms with E-state index < -0.39 is 26.5 Å². The van der Waals surface area contributed by atoms with Gasteiger partial charge in [-0.05, 0) is 89.9 Å². The van der Waals surface area contributed by atoms with Crippen molar-refractivity contribution in [3.8, 4) is 0 Å². The van der Waals surface area contributed by atoms with Crippen molar-refractivity contribution in [3.63, 3.8) is 0 Å². The summed E-state index contributed by atoms with van der Waals surface area (Å²) < 4.78 is 34.4. The lowest BCUT2D eigenvalue weighted by atomic mass is 10.0. The molecule has 0 aliphatic rings. The second-order valence-corrected chi connectivity index (χ2v) is 19.9. The average molecular weight is 969 g/mol. The highest BCUT2D eigenvalue weighted by molar-refractivity contribution is 7.47. The van der Waals surface area contributed by atoms with Crippen molar-refractivity contribution >= 4 is 19.8 Å². The molecule has 9 nitrogen and oxygen atoms in total. The smallest absolute Gasteiger partial charge is 0.462 e. The molecule has 0 amide bonds. The fourth-order valence-corrected chi connectivity index (χ4v) is 7.49. The number of carbonyl (C=O) groups excluding carboxylic acids is 2. The third kappa shape index (κ3) is 52.0. The standard InChI is InChI=1S/C58H98NO8P/c1-6-8-10-12-14-16-18-20-22-24-25-26-27-28-29-30-31-32-33-35-36-38-40-42-44-46-48-50-57(60)64-54-56(55-66-68(62,63)65-53-52-59(3,4)5)67-58(61)51-49-47-45-43-41-39-37-34-23-21-19-17-15-13-11-9-7-2/h8-11,14-17,20-23,25-26,37,39,43,45,56H,6-7,12-13,18-19,24,27-36,38,40-42,44,46-55H2,1-5H3/p+1/b10-8-,11-9-,16-14-,17-15-,22-20-,23-21-,26-25-,39-37-,45-43-. The molecule has 10 heteroatoms. The second kappa shape index (κ2) is 48.7. The third-order valence-electron chi connectivity index (χ3n) is 10.8. The molecule has 2 unspecified atom stereocenters. The number of nitrogens with zero attached hydrogens (tertiary/aromatic N) is 1. The van der Waals surface area contributed by atoms with Gasteiger partial charge in [-0.25, -0.2) is 4.57 Å². The Morgan fingerprint density at radius 3 is 1.22 bits per heavy atom. The van der Waals surface area contributed by atoms with Crippen molar-refractivity contribution < 1.29 is 42.1 Å². The summed E-state index contributed by atoms with van der Waals surface area (Å²) in [6, 6.07) is 0. The summed E-state index contributed by atoms with van der Waals surface area (Å²) in [7, 11) is 1.43. The van der Waals surface area contributed by atoms with E-state index in [-0.39, 0.29) is 32.0 Å². The van der Waals surface area contributed by atoms with Crippen LogP contribution in [0.1, 0.15) is 194 Å². The monoisotopic (exact) mass is 969 g/mol. The van der Waals surface area contributed by atoms with Crippen molar-refractivity contribution in [3.05, 3.63) is 109 Å². The van der Waals surface area contributed by atoms with Gasteiger partial charge in [0, 0.05) is 12.8 Å². The summed E-state index contributed by atoms with van der Waals surface area (Å²) >= 11 is 0. The van der Waals surface area contributed by atoms with Crippen LogP contribution in [0.5, 0.6) is 0 Å². The number of esters is 2. The van der Waals surface area contributed by atoms with Gasteiger partial charge >= 0.3 is 19.8 Å². The zero-order valence-electron chi connectivity index (χ0n) is 43.8. The minimum Gasteiger partial charge on any atom is -0.462 e. The van der Waals surface area contributed by atoms with E-state index in [1.165, 1.54) is 77.0 Å². The van der Waals surface area contributed by atoms with Crippen LogP contribution in [0.15, 0.2) is 109 Å². The largest absolute Gasteiger partial charge is 0.472 e. The molecule has 0 aromatic rings. The number of allylic oxidation sites excluding steroid dienone is 18. The maximum absolute atomic E-state index is 12.7. The van der Waals surface area contributed by atoms with Gasteiger partial charge < -0.3 is 18.9 Å². The second-order valence-electron chi connectivity index (χ2n) is 18.5. The van der Waals surface area contributed by atoms with E-state index in [4.69, 9.17) is 18.5 Å². The number of hydrogen-bond acceptors (Lipinski definition) is 7. The first-order valence-electron chi connectivity index (χ1n) is 26.6. The van der Waals surface area contributed by atoms with Gasteiger partial charge in [-0.1, -0.05) is 200 Å². The molecular formula is C58H99NO8P+. The van der Waals surface area contributed by atoms with E-state index in [2.05, 4.69) is 117 Å². The van der Waals surface area contributed by atoms with Gasteiger partial charge in [0.2, 0.25) is 0 Å². The van der Waals surface area contributed by atoms with Crippen LogP contribution in [0.3, 0.4) is 0 Å². The summed E-state index contributed by atoms with van der Waals surface area (Å²) in [6.07, 6.45) is 67.3. The van der Waals surface area contributed by atoms with Gasteiger partial charge in [-0.2, -0.15) is 0 Å². The maximum Gasteiger partial charge on any atom is 0.472 e. The highest BCUT2D eigenvalue weighted by Crippen LogP contribution is 2.43. The zero-order valence-corrected chi connectivity index (χ0v) is 44.7. The quantitative estimate of drug-likeness (QED) is 0.0211. The molecule has 2 atom stereocenters. The van der Waals surface area contributed by atoms with E-state index in [1.807, 2.05) is 27.2 Å². The zero-order chi connectivity index (χ0) is 49.9. The van der Waals surface area contributed by atoms with Crippen molar-refractivity contribution in [2.45, 2.75) is 200 Å². The van der Waals surface area contributed by atoms with Gasteiger partial charge in [0.25, 0.3) is 0 Å². The minimum absolute atomic E-state index is 0.0157. The molecular weight excluding hydrogens is 870 g/mol. The molecule has 0 spiro atoms. The molecule has 0 saturated heterocycles. The molecule has 0 aromatic carbocycles. The van der Waals surface area contributed by atoms with Crippen LogP contribution >= 0.6 is 7.82 Å². The summed E-state index contributed by atoms with van der Waals surface area (Å²) in [5.41, 5.74) is 0. The molecule has 0 saturated carbocycles. The first kappa shape index (κ1) is 64.7. The Morgan fingerprint density at radius 2 is 0.809 bits per heavy atom. The summed E-state index contributed by atoms with van der Waals surface area (Å²) in [6.45, 7) is 4.12. The highest BCUT2D eigenvalue weighted by Gasteiger charge is 2.27. The van der Waals surface area contributed by atoms with Gasteiger partial charge in [0.15, 0.2) is 6.10 Å². The van der Waals surface area contributed by atoms with Gasteiger partial charge in [-0.15, -0.1) is 0 Å². The number of quaternary nitrogens is 1. The average Bonchev–Trinajstić information content (AvgIpc) is 3.30.